The summed E-state index contributed by atoms with van der Waals surface area (Å²) < 4.78 is 29.7. The lowest BCUT2D eigenvalue weighted by Crippen LogP contribution is -2.39. The lowest BCUT2D eigenvalue weighted by Gasteiger charge is -2.28. The molecule has 10 heteroatoms. The minimum Gasteiger partial charge on any atom is -0.494 e. The molecule has 1 saturated heterocycles. The van der Waals surface area contributed by atoms with E-state index in [9.17, 15) is 4.79 Å². The van der Waals surface area contributed by atoms with Crippen molar-refractivity contribution >= 4 is 32.6 Å². The fourth-order valence-corrected chi connectivity index (χ4v) is 5.51. The molecule has 9 nitrogen and oxygen atoms in total. The number of nitrogens with zero attached hydrogens (tertiary/aromatic N) is 3. The third kappa shape index (κ3) is 7.32. The van der Waals surface area contributed by atoms with Crippen LogP contribution in [-0.2, 0) is 4.74 Å². The highest BCUT2D eigenvalue weighted by atomic mass is 32.1. The first kappa shape index (κ1) is 28.9. The third-order valence-corrected chi connectivity index (χ3v) is 7.29. The molecule has 1 amide bonds. The van der Waals surface area contributed by atoms with Gasteiger partial charge in [0.25, 0.3) is 5.91 Å². The molecule has 212 valence electrons. The first-order chi connectivity index (χ1) is 19.1. The number of hydrogen-bond donors (Lipinski definition) is 0. The van der Waals surface area contributed by atoms with Crippen molar-refractivity contribution in [2.24, 2.45) is 0 Å². The van der Waals surface area contributed by atoms with Crippen molar-refractivity contribution in [1.29, 1.82) is 0 Å². The molecule has 2 aromatic carbocycles. The Labute approximate surface area is 234 Å². The highest BCUT2D eigenvalue weighted by molar-refractivity contribution is 7.22. The van der Waals surface area contributed by atoms with Crippen LogP contribution in [0.2, 0.25) is 0 Å². The van der Waals surface area contributed by atoms with Gasteiger partial charge in [0.2, 0.25) is 5.75 Å². The molecule has 4 rings (SSSR count). The summed E-state index contributed by atoms with van der Waals surface area (Å²) in [6.07, 6.45) is 0.805. The fraction of sp³-hybridized carbons (Fsp3) is 0.517. The summed E-state index contributed by atoms with van der Waals surface area (Å²) in [5.41, 5.74) is 1.30. The molecule has 0 N–H and O–H groups in total. The molecule has 0 atom stereocenters. The minimum absolute atomic E-state index is 0.161. The number of fused-ring (bicyclic) bond motifs is 1. The average Bonchev–Trinajstić information content (AvgIpc) is 3.36. The van der Waals surface area contributed by atoms with Crippen molar-refractivity contribution in [3.8, 4) is 23.0 Å². The summed E-state index contributed by atoms with van der Waals surface area (Å²) in [5.74, 6) is 2.13. The molecule has 0 spiro atoms. The Kier molecular flexibility index (Phi) is 10.6. The first-order valence-corrected chi connectivity index (χ1v) is 14.6. The summed E-state index contributed by atoms with van der Waals surface area (Å²) in [4.78, 5) is 23.1. The number of anilines is 1. The molecular weight excluding hydrogens is 518 g/mol. The topological polar surface area (TPSA) is 82.6 Å². The molecule has 0 aliphatic carbocycles. The molecular formula is C29H39N3O6S. The van der Waals surface area contributed by atoms with Gasteiger partial charge in [-0.05, 0) is 64.4 Å². The van der Waals surface area contributed by atoms with Gasteiger partial charge in [0.05, 0.1) is 49.9 Å². The molecule has 1 aliphatic rings. The van der Waals surface area contributed by atoms with Crippen LogP contribution in [0.5, 0.6) is 23.0 Å². The first-order valence-electron chi connectivity index (χ1n) is 13.8. The van der Waals surface area contributed by atoms with Crippen LogP contribution in [0.1, 0.15) is 44.5 Å². The molecule has 0 unspecified atom stereocenters. The maximum atomic E-state index is 14.1. The smallest absolute Gasteiger partial charge is 0.260 e. The number of thiazole rings is 1. The van der Waals surface area contributed by atoms with E-state index in [1.54, 1.807) is 17.0 Å². The van der Waals surface area contributed by atoms with Crippen LogP contribution in [-0.4, -0.2) is 81.6 Å². The highest BCUT2D eigenvalue weighted by Crippen LogP contribution is 2.40. The Hall–Kier alpha value is -3.08. The number of aromatic nitrogens is 1. The van der Waals surface area contributed by atoms with Gasteiger partial charge in [0.1, 0.15) is 5.75 Å². The molecule has 1 aliphatic heterocycles. The Morgan fingerprint density at radius 2 is 1.62 bits per heavy atom. The fourth-order valence-electron chi connectivity index (χ4n) is 4.49. The lowest BCUT2D eigenvalue weighted by molar-refractivity contribution is 0.0376. The summed E-state index contributed by atoms with van der Waals surface area (Å²) in [6.45, 7) is 14.3. The molecule has 1 fully saturated rings. The van der Waals surface area contributed by atoms with Gasteiger partial charge < -0.3 is 23.7 Å². The lowest BCUT2D eigenvalue weighted by atomic mass is 10.1. The van der Waals surface area contributed by atoms with Gasteiger partial charge in [-0.1, -0.05) is 11.3 Å². The van der Waals surface area contributed by atoms with Crippen LogP contribution in [0.4, 0.5) is 5.13 Å². The predicted octanol–water partition coefficient (Wildman–Crippen LogP) is 5.26. The second-order valence-electron chi connectivity index (χ2n) is 8.92. The zero-order valence-electron chi connectivity index (χ0n) is 23.4. The molecule has 0 saturated carbocycles. The standard InChI is InChI=1S/C29H39N3O6S/c1-5-35-22-10-11-23-26(20-22)39-29(30-23)32(13-9-12-31-14-16-34-17-15-31)28(33)21-18-24(36-6-2)27(38-8-4)25(19-21)37-7-3/h10-11,18-20H,5-9,12-17H2,1-4H3. The zero-order valence-corrected chi connectivity index (χ0v) is 24.2. The summed E-state index contributed by atoms with van der Waals surface area (Å²) in [5, 5.41) is 0.649. The van der Waals surface area contributed by atoms with Crippen LogP contribution < -0.4 is 23.8 Å². The monoisotopic (exact) mass is 557 g/mol. The van der Waals surface area contributed by atoms with E-state index in [0.29, 0.717) is 60.9 Å². The molecule has 3 aromatic rings. The van der Waals surface area contributed by atoms with Gasteiger partial charge in [-0.2, -0.15) is 0 Å². The van der Waals surface area contributed by atoms with Gasteiger partial charge in [0.15, 0.2) is 16.6 Å². The van der Waals surface area contributed by atoms with E-state index in [-0.39, 0.29) is 5.91 Å². The molecule has 1 aromatic heterocycles. The molecule has 0 bridgehead atoms. The van der Waals surface area contributed by atoms with Crippen LogP contribution in [0.25, 0.3) is 10.2 Å². The summed E-state index contributed by atoms with van der Waals surface area (Å²) in [7, 11) is 0. The predicted molar refractivity (Wildman–Crippen MR) is 154 cm³/mol. The number of amides is 1. The normalized spacial score (nSPS) is 13.8. The van der Waals surface area contributed by atoms with Crippen molar-refractivity contribution in [3.63, 3.8) is 0 Å². The van der Waals surface area contributed by atoms with E-state index in [1.165, 1.54) is 11.3 Å². The van der Waals surface area contributed by atoms with Gasteiger partial charge in [-0.25, -0.2) is 4.98 Å². The summed E-state index contributed by atoms with van der Waals surface area (Å²) >= 11 is 1.49. The van der Waals surface area contributed by atoms with Crippen LogP contribution in [0.3, 0.4) is 0 Å². The Balaban J connectivity index is 1.68. The Morgan fingerprint density at radius 1 is 0.949 bits per heavy atom. The van der Waals surface area contributed by atoms with Crippen molar-refractivity contribution in [2.45, 2.75) is 34.1 Å². The summed E-state index contributed by atoms with van der Waals surface area (Å²) in [6, 6.07) is 9.32. The number of hydrogen-bond acceptors (Lipinski definition) is 9. The van der Waals surface area contributed by atoms with Crippen molar-refractivity contribution in [3.05, 3.63) is 35.9 Å². The maximum absolute atomic E-state index is 14.1. The molecule has 39 heavy (non-hydrogen) atoms. The van der Waals surface area contributed by atoms with E-state index in [0.717, 1.165) is 55.2 Å². The number of carbonyl (C=O) groups excluding carboxylic acids is 1. The Morgan fingerprint density at radius 3 is 2.26 bits per heavy atom. The van der Waals surface area contributed by atoms with Gasteiger partial charge in [0, 0.05) is 31.7 Å². The second kappa shape index (κ2) is 14.3. The maximum Gasteiger partial charge on any atom is 0.260 e. The van der Waals surface area contributed by atoms with Crippen LogP contribution in [0.15, 0.2) is 30.3 Å². The number of carbonyl (C=O) groups is 1. The van der Waals surface area contributed by atoms with E-state index >= 15 is 0 Å². The average molecular weight is 558 g/mol. The van der Waals surface area contributed by atoms with E-state index in [1.807, 2.05) is 45.9 Å². The number of morpholine rings is 1. The van der Waals surface area contributed by atoms with Gasteiger partial charge in [-0.3, -0.25) is 14.6 Å². The van der Waals surface area contributed by atoms with E-state index in [2.05, 4.69) is 4.90 Å². The van der Waals surface area contributed by atoms with Crippen molar-refractivity contribution < 1.29 is 28.5 Å². The van der Waals surface area contributed by atoms with Gasteiger partial charge >= 0.3 is 0 Å². The van der Waals surface area contributed by atoms with E-state index in [4.69, 9.17) is 28.7 Å². The molecule has 2 heterocycles. The number of rotatable bonds is 14. The van der Waals surface area contributed by atoms with Crippen molar-refractivity contribution in [2.75, 3.05) is 70.7 Å². The van der Waals surface area contributed by atoms with E-state index < -0.39 is 0 Å². The number of ether oxygens (including phenoxy) is 5. The number of benzene rings is 2. The third-order valence-electron chi connectivity index (χ3n) is 6.25. The van der Waals surface area contributed by atoms with Crippen molar-refractivity contribution in [1.82, 2.24) is 9.88 Å². The van der Waals surface area contributed by atoms with Crippen LogP contribution in [0, 0.1) is 0 Å². The Bertz CT molecular complexity index is 1200. The quantitative estimate of drug-likeness (QED) is 0.266. The highest BCUT2D eigenvalue weighted by Gasteiger charge is 2.25. The minimum atomic E-state index is -0.161. The largest absolute Gasteiger partial charge is 0.494 e. The van der Waals surface area contributed by atoms with Crippen LogP contribution >= 0.6 is 11.3 Å². The zero-order chi connectivity index (χ0) is 27.6. The molecule has 0 radical (unpaired) electrons. The SMILES string of the molecule is CCOc1ccc2nc(N(CCCN3CCOCC3)C(=O)c3cc(OCC)c(OCC)c(OCC)c3)sc2c1. The second-order valence-corrected chi connectivity index (χ2v) is 9.93. The van der Waals surface area contributed by atoms with Gasteiger partial charge in [-0.15, -0.1) is 0 Å².